The van der Waals surface area contributed by atoms with Crippen LogP contribution >= 0.6 is 11.8 Å². The molecule has 1 aromatic heterocycles. The summed E-state index contributed by atoms with van der Waals surface area (Å²) in [5, 5.41) is 24.5. The monoisotopic (exact) mass is 419 g/mol. The second-order valence-corrected chi connectivity index (χ2v) is 8.32. The Morgan fingerprint density at radius 3 is 2.43 bits per heavy atom. The molecule has 0 spiro atoms. The Balaban J connectivity index is 1.57. The lowest BCUT2D eigenvalue weighted by atomic mass is 9.89. The summed E-state index contributed by atoms with van der Waals surface area (Å²) in [4.78, 5) is 10.9. The molecule has 0 radical (unpaired) electrons. The first-order valence-electron chi connectivity index (χ1n) is 10.2. The molecule has 30 heavy (non-hydrogen) atoms. The first-order chi connectivity index (χ1) is 14.7. The molecule has 0 atom stereocenters. The number of carboxylic acid groups (broad SMARTS) is 1. The molecule has 0 unspecified atom stereocenters. The van der Waals surface area contributed by atoms with E-state index in [1.165, 1.54) is 24.8 Å². The molecule has 1 fully saturated rings. The van der Waals surface area contributed by atoms with Crippen LogP contribution < -0.4 is 5.11 Å². The maximum absolute atomic E-state index is 10.9. The fraction of sp³-hybridized carbons (Fsp3) is 0.304. The van der Waals surface area contributed by atoms with Gasteiger partial charge in [-0.3, -0.25) is 0 Å². The molecule has 7 heteroatoms. The molecule has 1 aliphatic rings. The Bertz CT molecular complexity index is 1010. The van der Waals surface area contributed by atoms with Gasteiger partial charge >= 0.3 is 0 Å². The fourth-order valence-electron chi connectivity index (χ4n) is 3.73. The second-order valence-electron chi connectivity index (χ2n) is 7.38. The number of aromatic nitrogens is 3. The van der Waals surface area contributed by atoms with E-state index in [-0.39, 0.29) is 5.75 Å². The van der Waals surface area contributed by atoms with Gasteiger partial charge in [-0.25, -0.2) is 0 Å². The average molecular weight is 420 g/mol. The number of carbonyl (C=O) groups excluding carboxylic acids is 1. The van der Waals surface area contributed by atoms with Crippen molar-refractivity contribution in [3.05, 3.63) is 66.0 Å². The second kappa shape index (κ2) is 9.71. The highest BCUT2D eigenvalue weighted by atomic mass is 32.2. The zero-order valence-electron chi connectivity index (χ0n) is 16.6. The van der Waals surface area contributed by atoms with Crippen molar-refractivity contribution < 1.29 is 9.90 Å². The van der Waals surface area contributed by atoms with E-state index in [4.69, 9.17) is 0 Å². The maximum Gasteiger partial charge on any atom is 0.212 e. The standard InChI is InChI=1S/C23H24N4O2S/c28-21(29)16-30-23-26-25-22(20-9-5-2-6-10-20)27(23)24-15-17-11-13-19(14-12-17)18-7-3-1-4-8-18/h1,3-4,7-8,11-15,20H,2,5-6,9-10,16H2,(H,28,29)/p-1/b24-15-. The molecule has 4 rings (SSSR count). The Kier molecular flexibility index (Phi) is 6.59. The number of rotatable bonds is 7. The number of hydrogen-bond donors (Lipinski definition) is 0. The molecule has 6 nitrogen and oxygen atoms in total. The van der Waals surface area contributed by atoms with E-state index >= 15 is 0 Å². The van der Waals surface area contributed by atoms with E-state index < -0.39 is 5.97 Å². The number of carbonyl (C=O) groups is 1. The summed E-state index contributed by atoms with van der Waals surface area (Å²) in [6.45, 7) is 0. The van der Waals surface area contributed by atoms with Crippen molar-refractivity contribution in [3.63, 3.8) is 0 Å². The van der Waals surface area contributed by atoms with Crippen LogP contribution in [-0.4, -0.2) is 32.8 Å². The normalized spacial score (nSPS) is 14.9. The third kappa shape index (κ3) is 4.97. The lowest BCUT2D eigenvalue weighted by Crippen LogP contribution is -2.24. The van der Waals surface area contributed by atoms with Crippen LogP contribution in [0.4, 0.5) is 0 Å². The molecule has 2 aromatic carbocycles. The minimum absolute atomic E-state index is 0.176. The smallest absolute Gasteiger partial charge is 0.212 e. The Labute approximate surface area is 180 Å². The quantitative estimate of drug-likeness (QED) is 0.431. The molecule has 3 aromatic rings. The van der Waals surface area contributed by atoms with Crippen molar-refractivity contribution in [1.29, 1.82) is 0 Å². The van der Waals surface area contributed by atoms with Gasteiger partial charge in [-0.1, -0.05) is 85.6 Å². The topological polar surface area (TPSA) is 83.2 Å². The van der Waals surface area contributed by atoms with Crippen molar-refractivity contribution in [1.82, 2.24) is 14.9 Å². The third-order valence-corrected chi connectivity index (χ3v) is 6.16. The first kappa shape index (κ1) is 20.3. The number of nitrogens with zero attached hydrogens (tertiary/aromatic N) is 4. The van der Waals surface area contributed by atoms with Crippen LogP contribution in [-0.2, 0) is 4.79 Å². The Morgan fingerprint density at radius 1 is 1.03 bits per heavy atom. The molecule has 1 saturated carbocycles. The molecule has 1 aliphatic carbocycles. The van der Waals surface area contributed by atoms with Crippen LogP contribution in [0.5, 0.6) is 0 Å². The average Bonchev–Trinajstić information content (AvgIpc) is 3.20. The molecule has 0 aliphatic heterocycles. The summed E-state index contributed by atoms with van der Waals surface area (Å²) < 4.78 is 1.70. The van der Waals surface area contributed by atoms with Gasteiger partial charge in [-0.2, -0.15) is 9.78 Å². The zero-order chi connectivity index (χ0) is 20.8. The van der Waals surface area contributed by atoms with Crippen molar-refractivity contribution >= 4 is 23.9 Å². The first-order valence-corrected chi connectivity index (χ1v) is 11.2. The number of thioether (sulfide) groups is 1. The van der Waals surface area contributed by atoms with E-state index in [1.54, 1.807) is 10.9 Å². The van der Waals surface area contributed by atoms with E-state index in [0.717, 1.165) is 41.6 Å². The van der Waals surface area contributed by atoms with Crippen molar-refractivity contribution in [2.24, 2.45) is 5.10 Å². The molecule has 1 heterocycles. The van der Waals surface area contributed by atoms with Gasteiger partial charge in [0.15, 0.2) is 5.82 Å². The Morgan fingerprint density at radius 2 is 1.73 bits per heavy atom. The van der Waals surface area contributed by atoms with Gasteiger partial charge in [0.25, 0.3) is 0 Å². The molecule has 0 amide bonds. The van der Waals surface area contributed by atoms with Crippen molar-refractivity contribution in [3.8, 4) is 11.1 Å². The molecule has 0 saturated heterocycles. The van der Waals surface area contributed by atoms with Gasteiger partial charge in [-0.05, 0) is 29.5 Å². The molecule has 0 bridgehead atoms. The minimum Gasteiger partial charge on any atom is -0.549 e. The molecule has 0 N–H and O–H groups in total. The molecule has 154 valence electrons. The number of aliphatic carboxylic acids is 1. The van der Waals surface area contributed by atoms with E-state index in [2.05, 4.69) is 39.6 Å². The van der Waals surface area contributed by atoms with Crippen molar-refractivity contribution in [2.45, 2.75) is 43.2 Å². The van der Waals surface area contributed by atoms with Gasteiger partial charge in [0.2, 0.25) is 5.16 Å². The highest BCUT2D eigenvalue weighted by molar-refractivity contribution is 7.99. The van der Waals surface area contributed by atoms with Crippen LogP contribution in [0, 0.1) is 0 Å². The largest absolute Gasteiger partial charge is 0.549 e. The van der Waals surface area contributed by atoms with Crippen LogP contribution in [0.15, 0.2) is 64.9 Å². The van der Waals surface area contributed by atoms with Gasteiger partial charge in [0.1, 0.15) is 0 Å². The van der Waals surface area contributed by atoms with E-state index in [1.807, 2.05) is 30.3 Å². The highest BCUT2D eigenvalue weighted by Gasteiger charge is 2.23. The lowest BCUT2D eigenvalue weighted by molar-refractivity contribution is -0.301. The van der Waals surface area contributed by atoms with E-state index in [0.29, 0.717) is 11.1 Å². The molecular formula is C23H23N4O2S-. The summed E-state index contributed by atoms with van der Waals surface area (Å²) >= 11 is 1.09. The summed E-state index contributed by atoms with van der Waals surface area (Å²) in [7, 11) is 0. The Hall–Kier alpha value is -2.93. The van der Waals surface area contributed by atoms with Gasteiger partial charge in [0.05, 0.1) is 12.2 Å². The van der Waals surface area contributed by atoms with E-state index in [9.17, 15) is 9.90 Å². The zero-order valence-corrected chi connectivity index (χ0v) is 17.4. The predicted molar refractivity (Wildman–Crippen MR) is 116 cm³/mol. The van der Waals surface area contributed by atoms with Crippen LogP contribution in [0.3, 0.4) is 0 Å². The SMILES string of the molecule is O=C([O-])CSc1nnc(C2CCCCC2)n1/N=C\c1ccc(-c2ccccc2)cc1. The predicted octanol–water partition coefficient (Wildman–Crippen LogP) is 3.72. The number of benzene rings is 2. The maximum atomic E-state index is 10.9. The third-order valence-electron chi connectivity index (χ3n) is 5.27. The van der Waals surface area contributed by atoms with Crippen LogP contribution in [0.1, 0.15) is 49.4 Å². The van der Waals surface area contributed by atoms with Gasteiger partial charge < -0.3 is 9.90 Å². The van der Waals surface area contributed by atoms with Crippen LogP contribution in [0.2, 0.25) is 0 Å². The van der Waals surface area contributed by atoms with Gasteiger partial charge in [0, 0.05) is 11.7 Å². The lowest BCUT2D eigenvalue weighted by Gasteiger charge is -2.20. The summed E-state index contributed by atoms with van der Waals surface area (Å²) in [5.41, 5.74) is 3.26. The van der Waals surface area contributed by atoms with Crippen molar-refractivity contribution in [2.75, 3.05) is 5.75 Å². The van der Waals surface area contributed by atoms with Gasteiger partial charge in [-0.15, -0.1) is 10.2 Å². The summed E-state index contributed by atoms with van der Waals surface area (Å²) in [5.74, 6) is -0.188. The fourth-order valence-corrected chi connectivity index (χ4v) is 4.34. The summed E-state index contributed by atoms with van der Waals surface area (Å²) in [6, 6.07) is 18.4. The highest BCUT2D eigenvalue weighted by Crippen LogP contribution is 2.33. The minimum atomic E-state index is -1.13. The summed E-state index contributed by atoms with van der Waals surface area (Å²) in [6.07, 6.45) is 7.48. The molecular weight excluding hydrogens is 396 g/mol. The number of hydrogen-bond acceptors (Lipinski definition) is 6. The number of carboxylic acids is 1. The van der Waals surface area contributed by atoms with Crippen LogP contribution in [0.25, 0.3) is 11.1 Å².